The fourth-order valence-electron chi connectivity index (χ4n) is 0.973. The maximum absolute atomic E-state index is 3.27. The Balaban J connectivity index is 3.59. The van der Waals surface area contributed by atoms with Crippen molar-refractivity contribution in [3.63, 3.8) is 0 Å². The Morgan fingerprint density at radius 3 is 2.30 bits per heavy atom. The normalized spacial score (nSPS) is 11.9. The predicted molar refractivity (Wildman–Crippen MR) is 46.8 cm³/mol. The summed E-state index contributed by atoms with van der Waals surface area (Å²) >= 11 is 0. The minimum absolute atomic E-state index is 0.657. The van der Waals surface area contributed by atoms with Crippen LogP contribution in [0.25, 0.3) is 0 Å². The molecule has 0 aromatic carbocycles. The second-order valence-corrected chi connectivity index (χ2v) is 2.57. The molecule has 0 nitrogen and oxygen atoms in total. The van der Waals surface area contributed by atoms with Crippen LogP contribution in [0.1, 0.15) is 46.5 Å². The number of rotatable bonds is 3. The third-order valence-electron chi connectivity index (χ3n) is 1.61. The summed E-state index contributed by atoms with van der Waals surface area (Å²) in [5.74, 6) is 7.06. The number of hydrogen-bond acceptors (Lipinski definition) is 0. The highest BCUT2D eigenvalue weighted by molar-refractivity contribution is 5.02. The molecule has 58 valence electrons. The first-order chi connectivity index (χ1) is 4.85. The lowest BCUT2D eigenvalue weighted by Gasteiger charge is -2.03. The van der Waals surface area contributed by atoms with Gasteiger partial charge < -0.3 is 0 Å². The van der Waals surface area contributed by atoms with Gasteiger partial charge in [-0.25, -0.2) is 0 Å². The van der Waals surface area contributed by atoms with Gasteiger partial charge in [-0.1, -0.05) is 33.1 Å². The van der Waals surface area contributed by atoms with Gasteiger partial charge in [0.15, 0.2) is 0 Å². The van der Waals surface area contributed by atoms with Crippen molar-refractivity contribution in [2.75, 3.05) is 0 Å². The summed E-state index contributed by atoms with van der Waals surface area (Å²) in [7, 11) is 0. The van der Waals surface area contributed by atoms with Crippen LogP contribution in [0.15, 0.2) is 0 Å². The molecule has 0 saturated heterocycles. The molecule has 0 aromatic rings. The van der Waals surface area contributed by atoms with E-state index in [4.69, 9.17) is 0 Å². The van der Waals surface area contributed by atoms with Crippen LogP contribution in [-0.4, -0.2) is 0 Å². The zero-order valence-corrected chi connectivity index (χ0v) is 7.41. The largest absolute Gasteiger partial charge is 0.103 e. The Hall–Kier alpha value is -0.440. The van der Waals surface area contributed by atoms with E-state index in [1.54, 1.807) is 0 Å². The van der Waals surface area contributed by atoms with Gasteiger partial charge in [-0.3, -0.25) is 0 Å². The van der Waals surface area contributed by atoms with E-state index < -0.39 is 0 Å². The van der Waals surface area contributed by atoms with Crippen LogP contribution in [0.4, 0.5) is 0 Å². The van der Waals surface area contributed by atoms with Gasteiger partial charge in [-0.2, -0.15) is 0 Å². The summed E-state index contributed by atoms with van der Waals surface area (Å²) in [6.45, 7) is 6.53. The predicted octanol–water partition coefficient (Wildman–Crippen LogP) is 3.23. The fraction of sp³-hybridized carbons (Fsp3) is 0.800. The third-order valence-corrected chi connectivity index (χ3v) is 1.61. The van der Waals surface area contributed by atoms with Crippen molar-refractivity contribution >= 4 is 0 Å². The van der Waals surface area contributed by atoms with E-state index in [9.17, 15) is 0 Å². The van der Waals surface area contributed by atoms with Crippen LogP contribution in [0.5, 0.6) is 0 Å². The highest BCUT2D eigenvalue weighted by atomic mass is 14.0. The summed E-state index contributed by atoms with van der Waals surface area (Å²) in [5.41, 5.74) is 0. The van der Waals surface area contributed by atoms with Gasteiger partial charge >= 0.3 is 0 Å². The van der Waals surface area contributed by atoms with Crippen LogP contribution in [0, 0.1) is 17.8 Å². The molecule has 0 saturated carbocycles. The summed E-state index contributed by atoms with van der Waals surface area (Å²) in [6.07, 6.45) is 4.74. The average Bonchev–Trinajstić information content (AvgIpc) is 1.98. The second-order valence-electron chi connectivity index (χ2n) is 2.57. The fourth-order valence-corrected chi connectivity index (χ4v) is 0.973. The van der Waals surface area contributed by atoms with Gasteiger partial charge in [0.25, 0.3) is 0 Å². The molecule has 0 aromatic heterocycles. The van der Waals surface area contributed by atoms with E-state index in [0.717, 1.165) is 6.42 Å². The summed E-state index contributed by atoms with van der Waals surface area (Å²) in [4.78, 5) is 0. The van der Waals surface area contributed by atoms with Gasteiger partial charge in [0.1, 0.15) is 0 Å². The van der Waals surface area contributed by atoms with Crippen molar-refractivity contribution in [3.05, 3.63) is 0 Å². The van der Waals surface area contributed by atoms with Crippen LogP contribution >= 0.6 is 0 Å². The lowest BCUT2D eigenvalue weighted by Crippen LogP contribution is -1.92. The molecule has 0 heterocycles. The molecular formula is C10H18. The van der Waals surface area contributed by atoms with E-state index in [1.807, 2.05) is 0 Å². The molecule has 1 atom stereocenters. The van der Waals surface area contributed by atoms with Gasteiger partial charge in [0, 0.05) is 12.3 Å². The van der Waals surface area contributed by atoms with Crippen molar-refractivity contribution in [2.45, 2.75) is 46.5 Å². The van der Waals surface area contributed by atoms with Crippen molar-refractivity contribution in [3.8, 4) is 11.8 Å². The van der Waals surface area contributed by atoms with E-state index >= 15 is 0 Å². The van der Waals surface area contributed by atoms with Crippen LogP contribution in [0.2, 0.25) is 0 Å². The summed E-state index contributed by atoms with van der Waals surface area (Å²) < 4.78 is 0. The van der Waals surface area contributed by atoms with Crippen LogP contribution in [0.3, 0.4) is 0 Å². The average molecular weight is 138 g/mol. The molecule has 0 spiro atoms. The SMILES string of the molecule is CCC#CC(CC)CCC. The Labute approximate surface area is 65.0 Å². The monoisotopic (exact) mass is 138 g/mol. The van der Waals surface area contributed by atoms with Crippen molar-refractivity contribution < 1.29 is 0 Å². The molecule has 0 amide bonds. The van der Waals surface area contributed by atoms with E-state index in [0.29, 0.717) is 5.92 Å². The Bertz CT molecular complexity index is 114. The minimum atomic E-state index is 0.657. The minimum Gasteiger partial charge on any atom is -0.103 e. The van der Waals surface area contributed by atoms with E-state index in [-0.39, 0.29) is 0 Å². The van der Waals surface area contributed by atoms with Gasteiger partial charge in [-0.15, -0.1) is 5.92 Å². The Morgan fingerprint density at radius 2 is 1.90 bits per heavy atom. The van der Waals surface area contributed by atoms with Gasteiger partial charge in [0.2, 0.25) is 0 Å². The summed E-state index contributed by atoms with van der Waals surface area (Å²) in [5, 5.41) is 0. The molecule has 0 rings (SSSR count). The zero-order chi connectivity index (χ0) is 7.82. The quantitative estimate of drug-likeness (QED) is 0.525. The van der Waals surface area contributed by atoms with Crippen LogP contribution in [-0.2, 0) is 0 Å². The molecule has 0 bridgehead atoms. The highest BCUT2D eigenvalue weighted by Crippen LogP contribution is 2.08. The maximum atomic E-state index is 3.27. The first-order valence-electron chi connectivity index (χ1n) is 4.33. The Morgan fingerprint density at radius 1 is 1.20 bits per heavy atom. The third kappa shape index (κ3) is 4.44. The van der Waals surface area contributed by atoms with Crippen molar-refractivity contribution in [1.82, 2.24) is 0 Å². The Kier molecular flexibility index (Phi) is 6.38. The van der Waals surface area contributed by atoms with Gasteiger partial charge in [0.05, 0.1) is 0 Å². The zero-order valence-electron chi connectivity index (χ0n) is 7.41. The molecule has 0 N–H and O–H groups in total. The number of hydrogen-bond donors (Lipinski definition) is 0. The molecule has 10 heavy (non-hydrogen) atoms. The maximum Gasteiger partial charge on any atom is 0.0200 e. The van der Waals surface area contributed by atoms with Gasteiger partial charge in [-0.05, 0) is 12.8 Å². The molecule has 1 unspecified atom stereocenters. The van der Waals surface area contributed by atoms with Crippen LogP contribution < -0.4 is 0 Å². The molecule has 0 radical (unpaired) electrons. The lowest BCUT2D eigenvalue weighted by molar-refractivity contribution is 0.581. The summed E-state index contributed by atoms with van der Waals surface area (Å²) in [6, 6.07) is 0. The second kappa shape index (κ2) is 6.68. The van der Waals surface area contributed by atoms with E-state index in [1.165, 1.54) is 19.3 Å². The molecule has 0 fully saturated rings. The molecule has 0 aliphatic heterocycles. The first kappa shape index (κ1) is 9.56. The topological polar surface area (TPSA) is 0 Å². The molecule has 0 aliphatic rings. The standard InChI is InChI=1S/C10H18/c1-4-7-9-10(6-3)8-5-2/h10H,4-6,8H2,1-3H3. The highest BCUT2D eigenvalue weighted by Gasteiger charge is 1.97. The molecule has 0 aliphatic carbocycles. The van der Waals surface area contributed by atoms with Crippen molar-refractivity contribution in [1.29, 1.82) is 0 Å². The van der Waals surface area contributed by atoms with E-state index in [2.05, 4.69) is 32.6 Å². The lowest BCUT2D eigenvalue weighted by atomic mass is 10.0. The first-order valence-corrected chi connectivity index (χ1v) is 4.33. The van der Waals surface area contributed by atoms with Crippen molar-refractivity contribution in [2.24, 2.45) is 5.92 Å². The molecular weight excluding hydrogens is 120 g/mol. The molecule has 0 heteroatoms. The smallest absolute Gasteiger partial charge is 0.0200 e.